The van der Waals surface area contributed by atoms with Gasteiger partial charge in [0.25, 0.3) is 5.91 Å². The molecule has 0 fully saturated rings. The number of nitrogens with one attached hydrogen (secondary N) is 1. The number of hydrogen-bond donors (Lipinski definition) is 1. The summed E-state index contributed by atoms with van der Waals surface area (Å²) in [6.07, 6.45) is 0. The molecule has 5 heteroatoms. The van der Waals surface area contributed by atoms with Crippen molar-refractivity contribution in [3.05, 3.63) is 59.9 Å². The first-order chi connectivity index (χ1) is 9.69. The van der Waals surface area contributed by atoms with Crippen LogP contribution in [0.3, 0.4) is 0 Å². The summed E-state index contributed by atoms with van der Waals surface area (Å²) in [6.45, 7) is 0.531. The number of ether oxygens (including phenoxy) is 1. The molecule has 0 spiro atoms. The van der Waals surface area contributed by atoms with Crippen molar-refractivity contribution in [3.8, 4) is 5.75 Å². The minimum Gasteiger partial charge on any atom is -0.493 e. The molecule has 1 N–H and O–H groups in total. The lowest BCUT2D eigenvalue weighted by Crippen LogP contribution is -2.12. The topological polar surface area (TPSA) is 38.3 Å². The first-order valence-corrected chi connectivity index (χ1v) is 7.17. The number of rotatable bonds is 5. The number of amides is 1. The van der Waals surface area contributed by atoms with Crippen LogP contribution in [0, 0.1) is 5.82 Å². The predicted octanol–water partition coefficient (Wildman–Crippen LogP) is 3.85. The van der Waals surface area contributed by atoms with Gasteiger partial charge in [-0.25, -0.2) is 4.39 Å². The van der Waals surface area contributed by atoms with Gasteiger partial charge in [0.15, 0.2) is 0 Å². The Morgan fingerprint density at radius 1 is 1.20 bits per heavy atom. The van der Waals surface area contributed by atoms with E-state index in [9.17, 15) is 9.18 Å². The molecular weight excluding hydrogens is 325 g/mol. The summed E-state index contributed by atoms with van der Waals surface area (Å²) in [4.78, 5) is 12.1. The average molecular weight is 338 g/mol. The lowest BCUT2D eigenvalue weighted by molar-refractivity contribution is 0.102. The summed E-state index contributed by atoms with van der Waals surface area (Å²) in [7, 11) is 0. The summed E-state index contributed by atoms with van der Waals surface area (Å²) < 4.78 is 18.2. The van der Waals surface area contributed by atoms with Crippen molar-refractivity contribution in [2.24, 2.45) is 0 Å². The molecule has 2 aromatic rings. The minimum absolute atomic E-state index is 0.263. The highest BCUT2D eigenvalue weighted by Gasteiger charge is 2.07. The van der Waals surface area contributed by atoms with Crippen LogP contribution in [-0.4, -0.2) is 17.8 Å². The summed E-state index contributed by atoms with van der Waals surface area (Å²) in [5, 5.41) is 3.42. The van der Waals surface area contributed by atoms with Gasteiger partial charge in [0.05, 0.1) is 6.61 Å². The highest BCUT2D eigenvalue weighted by atomic mass is 79.9. The second-order valence-electron chi connectivity index (χ2n) is 4.03. The van der Waals surface area contributed by atoms with Crippen molar-refractivity contribution in [3.63, 3.8) is 0 Å². The number of hydrogen-bond acceptors (Lipinski definition) is 2. The molecule has 0 aromatic heterocycles. The van der Waals surface area contributed by atoms with Crippen molar-refractivity contribution in [2.45, 2.75) is 0 Å². The maximum absolute atomic E-state index is 12.8. The largest absolute Gasteiger partial charge is 0.493 e. The third kappa shape index (κ3) is 4.06. The van der Waals surface area contributed by atoms with E-state index in [1.165, 1.54) is 24.3 Å². The van der Waals surface area contributed by atoms with Crippen LogP contribution in [0.2, 0.25) is 0 Å². The molecule has 0 heterocycles. The second-order valence-corrected chi connectivity index (χ2v) is 4.82. The fraction of sp³-hybridized carbons (Fsp3) is 0.133. The quantitative estimate of drug-likeness (QED) is 0.841. The summed E-state index contributed by atoms with van der Waals surface area (Å²) in [6, 6.07) is 12.5. The van der Waals surface area contributed by atoms with Gasteiger partial charge in [0, 0.05) is 16.6 Å². The number of anilines is 1. The standard InChI is InChI=1S/C15H13BrFNO2/c16-8-9-20-14-3-1-2-11(10-14)15(19)18-13-6-4-12(17)5-7-13/h1-7,10H,8-9H2,(H,18,19). The van der Waals surface area contributed by atoms with E-state index in [4.69, 9.17) is 4.74 Å². The van der Waals surface area contributed by atoms with Crippen LogP contribution in [0.5, 0.6) is 5.75 Å². The molecule has 0 unspecified atom stereocenters. The van der Waals surface area contributed by atoms with Gasteiger partial charge in [-0.3, -0.25) is 4.79 Å². The molecule has 0 aliphatic carbocycles. The van der Waals surface area contributed by atoms with Crippen molar-refractivity contribution >= 4 is 27.5 Å². The van der Waals surface area contributed by atoms with Gasteiger partial charge < -0.3 is 10.1 Å². The van der Waals surface area contributed by atoms with Crippen LogP contribution < -0.4 is 10.1 Å². The fourth-order valence-electron chi connectivity index (χ4n) is 1.62. The number of alkyl halides is 1. The highest BCUT2D eigenvalue weighted by Crippen LogP contribution is 2.16. The van der Waals surface area contributed by atoms with E-state index >= 15 is 0 Å². The van der Waals surface area contributed by atoms with Gasteiger partial charge in [-0.1, -0.05) is 22.0 Å². The third-order valence-corrected chi connectivity index (χ3v) is 2.87. The van der Waals surface area contributed by atoms with Gasteiger partial charge in [-0.05, 0) is 42.5 Å². The summed E-state index contributed by atoms with van der Waals surface area (Å²) in [5.74, 6) is 0.0327. The number of carbonyl (C=O) groups excluding carboxylic acids is 1. The Balaban J connectivity index is 2.06. The molecule has 0 aliphatic rings. The predicted molar refractivity (Wildman–Crippen MR) is 80.1 cm³/mol. The molecule has 2 aromatic carbocycles. The molecular formula is C15H13BrFNO2. The van der Waals surface area contributed by atoms with Gasteiger partial charge in [-0.2, -0.15) is 0 Å². The number of benzene rings is 2. The molecule has 1 amide bonds. The van der Waals surface area contributed by atoms with Crippen LogP contribution in [0.15, 0.2) is 48.5 Å². The zero-order valence-electron chi connectivity index (χ0n) is 10.6. The van der Waals surface area contributed by atoms with Crippen LogP contribution in [0.25, 0.3) is 0 Å². The Labute approximate surface area is 124 Å². The van der Waals surface area contributed by atoms with Gasteiger partial charge in [0.2, 0.25) is 0 Å². The summed E-state index contributed by atoms with van der Waals surface area (Å²) >= 11 is 3.27. The smallest absolute Gasteiger partial charge is 0.255 e. The SMILES string of the molecule is O=C(Nc1ccc(F)cc1)c1cccc(OCCBr)c1. The molecule has 0 saturated heterocycles. The third-order valence-electron chi connectivity index (χ3n) is 2.54. The van der Waals surface area contributed by atoms with E-state index in [0.29, 0.717) is 23.6 Å². The molecule has 3 nitrogen and oxygen atoms in total. The first kappa shape index (κ1) is 14.5. The Morgan fingerprint density at radius 3 is 2.65 bits per heavy atom. The average Bonchev–Trinajstić information content (AvgIpc) is 2.48. The normalized spacial score (nSPS) is 10.1. The van der Waals surface area contributed by atoms with Gasteiger partial charge >= 0.3 is 0 Å². The molecule has 0 saturated carbocycles. The van der Waals surface area contributed by atoms with E-state index in [-0.39, 0.29) is 11.7 Å². The molecule has 0 aliphatic heterocycles. The lowest BCUT2D eigenvalue weighted by atomic mass is 10.2. The monoisotopic (exact) mass is 337 g/mol. The first-order valence-electron chi connectivity index (χ1n) is 6.05. The van der Waals surface area contributed by atoms with Crippen molar-refractivity contribution in [1.82, 2.24) is 0 Å². The Hall–Kier alpha value is -1.88. The van der Waals surface area contributed by atoms with Crippen molar-refractivity contribution in [2.75, 3.05) is 17.3 Å². The van der Waals surface area contributed by atoms with Crippen LogP contribution in [-0.2, 0) is 0 Å². The Morgan fingerprint density at radius 2 is 1.95 bits per heavy atom. The maximum Gasteiger partial charge on any atom is 0.255 e. The number of carbonyl (C=O) groups is 1. The van der Waals surface area contributed by atoms with E-state index in [0.717, 1.165) is 5.33 Å². The lowest BCUT2D eigenvalue weighted by Gasteiger charge is -2.08. The molecule has 20 heavy (non-hydrogen) atoms. The fourth-order valence-corrected chi connectivity index (χ4v) is 1.78. The molecule has 104 valence electrons. The highest BCUT2D eigenvalue weighted by molar-refractivity contribution is 9.09. The van der Waals surface area contributed by atoms with E-state index in [2.05, 4.69) is 21.2 Å². The zero-order valence-corrected chi connectivity index (χ0v) is 12.2. The van der Waals surface area contributed by atoms with Crippen LogP contribution >= 0.6 is 15.9 Å². The van der Waals surface area contributed by atoms with E-state index in [1.807, 2.05) is 0 Å². The molecule has 2 rings (SSSR count). The van der Waals surface area contributed by atoms with E-state index in [1.54, 1.807) is 24.3 Å². The van der Waals surface area contributed by atoms with Crippen molar-refractivity contribution in [1.29, 1.82) is 0 Å². The minimum atomic E-state index is -0.340. The van der Waals surface area contributed by atoms with Gasteiger partial charge in [0.1, 0.15) is 11.6 Å². The van der Waals surface area contributed by atoms with Crippen LogP contribution in [0.4, 0.5) is 10.1 Å². The second kappa shape index (κ2) is 7.05. The van der Waals surface area contributed by atoms with Gasteiger partial charge in [-0.15, -0.1) is 0 Å². The number of halogens is 2. The molecule has 0 atom stereocenters. The maximum atomic E-state index is 12.8. The Bertz CT molecular complexity index is 587. The Kier molecular flexibility index (Phi) is 5.12. The zero-order chi connectivity index (χ0) is 14.4. The van der Waals surface area contributed by atoms with Crippen molar-refractivity contribution < 1.29 is 13.9 Å². The van der Waals surface area contributed by atoms with Crippen LogP contribution in [0.1, 0.15) is 10.4 Å². The van der Waals surface area contributed by atoms with E-state index < -0.39 is 0 Å². The molecule has 0 radical (unpaired) electrons. The summed E-state index contributed by atoms with van der Waals surface area (Å²) in [5.41, 5.74) is 1.03. The molecule has 0 bridgehead atoms.